The summed E-state index contributed by atoms with van der Waals surface area (Å²) in [5.74, 6) is 5.66. The molecule has 2 aromatic rings. The Kier molecular flexibility index (Phi) is 3.24. The van der Waals surface area contributed by atoms with Crippen molar-refractivity contribution in [3.8, 4) is 0 Å². The lowest BCUT2D eigenvalue weighted by atomic mass is 10.3. The zero-order valence-electron chi connectivity index (χ0n) is 9.84. The van der Waals surface area contributed by atoms with Crippen LogP contribution >= 0.6 is 0 Å². The first-order chi connectivity index (χ1) is 8.65. The van der Waals surface area contributed by atoms with Gasteiger partial charge in [-0.05, 0) is 6.92 Å². The van der Waals surface area contributed by atoms with Gasteiger partial charge in [-0.2, -0.15) is 15.1 Å². The Balaban J connectivity index is 2.52. The Labute approximate surface area is 103 Å². The number of carbonyl (C=O) groups excluding carboxylic acids is 1. The number of nitrogens with zero attached hydrogens (tertiary/aromatic N) is 4. The molecule has 0 saturated heterocycles. The van der Waals surface area contributed by atoms with Crippen LogP contribution in [0.2, 0.25) is 0 Å². The number of aromatic amines is 1. The second kappa shape index (κ2) is 4.84. The van der Waals surface area contributed by atoms with Crippen LogP contribution in [0.4, 0.5) is 11.8 Å². The van der Waals surface area contributed by atoms with E-state index in [-0.39, 0.29) is 12.5 Å². The van der Waals surface area contributed by atoms with Crippen LogP contribution in [0.15, 0.2) is 6.20 Å². The van der Waals surface area contributed by atoms with Crippen molar-refractivity contribution in [2.24, 2.45) is 11.6 Å². The molecule has 0 saturated carbocycles. The van der Waals surface area contributed by atoms with Gasteiger partial charge in [0.25, 0.3) is 0 Å². The minimum Gasteiger partial charge on any atom is -0.368 e. The molecule has 0 atom stereocenters. The van der Waals surface area contributed by atoms with Gasteiger partial charge in [0.05, 0.1) is 18.1 Å². The standard InChI is InChI=1S/C9H14N8O/c1-2-17(4-6(10)18)8-5-3-12-16-7(5)13-9(14-8)15-11/h3H,2,4,11H2,1H3,(H2,10,18)(H2,12,13,14,15,16). The molecular formula is C9H14N8O. The maximum atomic E-state index is 11.0. The lowest BCUT2D eigenvalue weighted by Gasteiger charge is -2.20. The number of fused-ring (bicyclic) bond motifs is 1. The summed E-state index contributed by atoms with van der Waals surface area (Å²) in [5, 5.41) is 7.33. The van der Waals surface area contributed by atoms with Crippen LogP contribution in [-0.2, 0) is 4.79 Å². The van der Waals surface area contributed by atoms with E-state index in [1.807, 2.05) is 6.92 Å². The Bertz CT molecular complexity index is 565. The molecule has 9 nitrogen and oxygen atoms in total. The van der Waals surface area contributed by atoms with Crippen molar-refractivity contribution in [2.75, 3.05) is 23.4 Å². The normalized spacial score (nSPS) is 10.6. The molecule has 2 heterocycles. The molecule has 0 aliphatic rings. The summed E-state index contributed by atoms with van der Waals surface area (Å²) >= 11 is 0. The fraction of sp³-hybridized carbons (Fsp3) is 0.333. The number of aromatic nitrogens is 4. The highest BCUT2D eigenvalue weighted by molar-refractivity contribution is 5.90. The van der Waals surface area contributed by atoms with E-state index in [9.17, 15) is 4.79 Å². The number of amides is 1. The van der Waals surface area contributed by atoms with Crippen LogP contribution < -0.4 is 21.9 Å². The zero-order valence-corrected chi connectivity index (χ0v) is 9.84. The van der Waals surface area contributed by atoms with Crippen LogP contribution in [0, 0.1) is 0 Å². The van der Waals surface area contributed by atoms with Gasteiger partial charge in [-0.1, -0.05) is 0 Å². The zero-order chi connectivity index (χ0) is 13.1. The molecule has 0 radical (unpaired) electrons. The monoisotopic (exact) mass is 250 g/mol. The van der Waals surface area contributed by atoms with Gasteiger partial charge < -0.3 is 10.6 Å². The number of nitrogen functional groups attached to an aromatic ring is 1. The van der Waals surface area contributed by atoms with Gasteiger partial charge in [-0.25, -0.2) is 5.84 Å². The largest absolute Gasteiger partial charge is 0.368 e. The minimum atomic E-state index is -0.436. The van der Waals surface area contributed by atoms with Crippen LogP contribution in [0.1, 0.15) is 6.92 Å². The van der Waals surface area contributed by atoms with Gasteiger partial charge in [0.15, 0.2) is 5.65 Å². The summed E-state index contributed by atoms with van der Waals surface area (Å²) < 4.78 is 0. The van der Waals surface area contributed by atoms with E-state index >= 15 is 0 Å². The smallest absolute Gasteiger partial charge is 0.241 e. The number of nitrogens with one attached hydrogen (secondary N) is 2. The first kappa shape index (κ1) is 12.0. The van der Waals surface area contributed by atoms with E-state index in [1.54, 1.807) is 11.1 Å². The fourth-order valence-electron chi connectivity index (χ4n) is 1.65. The van der Waals surface area contributed by atoms with Gasteiger partial charge in [-0.3, -0.25) is 15.3 Å². The number of likely N-dealkylation sites (N-methyl/N-ethyl adjacent to an activating group) is 1. The van der Waals surface area contributed by atoms with E-state index in [0.29, 0.717) is 23.4 Å². The van der Waals surface area contributed by atoms with E-state index in [1.165, 1.54) is 0 Å². The molecule has 6 N–H and O–H groups in total. The van der Waals surface area contributed by atoms with Crippen LogP contribution in [-0.4, -0.2) is 39.2 Å². The number of hydrazine groups is 1. The molecule has 2 aromatic heterocycles. The lowest BCUT2D eigenvalue weighted by Crippen LogP contribution is -2.34. The number of rotatable bonds is 5. The van der Waals surface area contributed by atoms with E-state index in [4.69, 9.17) is 11.6 Å². The van der Waals surface area contributed by atoms with Crippen molar-refractivity contribution < 1.29 is 4.79 Å². The summed E-state index contributed by atoms with van der Waals surface area (Å²) in [7, 11) is 0. The van der Waals surface area contributed by atoms with Crippen LogP contribution in [0.25, 0.3) is 11.0 Å². The third kappa shape index (κ3) is 2.15. The molecule has 0 aromatic carbocycles. The lowest BCUT2D eigenvalue weighted by molar-refractivity contribution is -0.116. The topological polar surface area (TPSA) is 139 Å². The number of nitrogens with two attached hydrogens (primary N) is 2. The summed E-state index contributed by atoms with van der Waals surface area (Å²) in [6.45, 7) is 2.54. The van der Waals surface area contributed by atoms with Gasteiger partial charge in [-0.15, -0.1) is 0 Å². The predicted molar refractivity (Wildman–Crippen MR) is 66.6 cm³/mol. The molecule has 0 aliphatic heterocycles. The molecule has 9 heteroatoms. The number of primary amides is 1. The van der Waals surface area contributed by atoms with Gasteiger partial charge in [0.2, 0.25) is 11.9 Å². The van der Waals surface area contributed by atoms with Crippen molar-refractivity contribution in [1.82, 2.24) is 20.2 Å². The Morgan fingerprint density at radius 2 is 2.33 bits per heavy atom. The van der Waals surface area contributed by atoms with E-state index in [0.717, 1.165) is 0 Å². The average molecular weight is 250 g/mol. The summed E-state index contributed by atoms with van der Waals surface area (Å²) in [6, 6.07) is 0. The first-order valence-electron chi connectivity index (χ1n) is 5.36. The van der Waals surface area contributed by atoms with Crippen molar-refractivity contribution >= 4 is 28.7 Å². The Morgan fingerprint density at radius 3 is 2.94 bits per heavy atom. The van der Waals surface area contributed by atoms with Gasteiger partial charge in [0.1, 0.15) is 5.82 Å². The molecule has 0 unspecified atom stereocenters. The molecule has 18 heavy (non-hydrogen) atoms. The second-order valence-corrected chi connectivity index (χ2v) is 3.63. The van der Waals surface area contributed by atoms with E-state index in [2.05, 4.69) is 25.6 Å². The number of anilines is 2. The number of H-pyrrole nitrogens is 1. The Hall–Kier alpha value is -2.42. The third-order valence-electron chi connectivity index (χ3n) is 2.45. The average Bonchev–Trinajstić information content (AvgIpc) is 2.82. The maximum Gasteiger partial charge on any atom is 0.241 e. The highest BCUT2D eigenvalue weighted by Crippen LogP contribution is 2.23. The molecule has 1 amide bonds. The minimum absolute atomic E-state index is 0.0673. The van der Waals surface area contributed by atoms with Crippen molar-refractivity contribution in [3.05, 3.63) is 6.20 Å². The molecule has 96 valence electrons. The predicted octanol–water partition coefficient (Wildman–Crippen LogP) is -1.05. The van der Waals surface area contributed by atoms with Crippen LogP contribution in [0.5, 0.6) is 0 Å². The molecule has 0 fully saturated rings. The second-order valence-electron chi connectivity index (χ2n) is 3.63. The number of hydrogen-bond donors (Lipinski definition) is 4. The fourth-order valence-corrected chi connectivity index (χ4v) is 1.65. The molecule has 0 spiro atoms. The highest BCUT2D eigenvalue weighted by atomic mass is 16.1. The summed E-state index contributed by atoms with van der Waals surface area (Å²) in [5.41, 5.74) is 8.12. The summed E-state index contributed by atoms with van der Waals surface area (Å²) in [4.78, 5) is 21.1. The maximum absolute atomic E-state index is 11.0. The van der Waals surface area contributed by atoms with Crippen molar-refractivity contribution in [3.63, 3.8) is 0 Å². The molecule has 2 rings (SSSR count). The Morgan fingerprint density at radius 1 is 1.56 bits per heavy atom. The van der Waals surface area contributed by atoms with Crippen molar-refractivity contribution in [1.29, 1.82) is 0 Å². The summed E-state index contributed by atoms with van der Waals surface area (Å²) in [6.07, 6.45) is 1.59. The van der Waals surface area contributed by atoms with Crippen molar-refractivity contribution in [2.45, 2.75) is 6.92 Å². The molecular weight excluding hydrogens is 236 g/mol. The van der Waals surface area contributed by atoms with Crippen LogP contribution in [0.3, 0.4) is 0 Å². The third-order valence-corrected chi connectivity index (χ3v) is 2.45. The van der Waals surface area contributed by atoms with Gasteiger partial charge >= 0.3 is 0 Å². The SMILES string of the molecule is CCN(CC(N)=O)c1nc(NN)nc2[nH]ncc12. The number of carbonyl (C=O) groups is 1. The van der Waals surface area contributed by atoms with E-state index < -0.39 is 5.91 Å². The first-order valence-corrected chi connectivity index (χ1v) is 5.36. The molecule has 0 aliphatic carbocycles. The number of hydrogen-bond acceptors (Lipinski definition) is 7. The quantitative estimate of drug-likeness (QED) is 0.392. The highest BCUT2D eigenvalue weighted by Gasteiger charge is 2.16. The van der Waals surface area contributed by atoms with Gasteiger partial charge in [0, 0.05) is 6.54 Å². The molecule has 0 bridgehead atoms.